The van der Waals surface area contributed by atoms with E-state index >= 15 is 0 Å². The number of carbonyl (C=O) groups is 1. The number of piperidine rings is 1. The molecule has 188 valence electrons. The molecule has 1 saturated heterocycles. The number of nitrogens with one attached hydrogen (secondary N) is 1. The third kappa shape index (κ3) is 6.50. The zero-order valence-electron chi connectivity index (χ0n) is 20.7. The molecule has 9 nitrogen and oxygen atoms in total. The number of likely N-dealkylation sites (tertiary alicyclic amines) is 1. The SMILES string of the molecule is Cc1cccc(-c2nccc(Nc3ccnc(Cc4ccc(CN5CCCC(C(=O)O)C5)cc4)n3)n2)n1. The molecule has 37 heavy (non-hydrogen) atoms. The topological polar surface area (TPSA) is 117 Å². The van der Waals surface area contributed by atoms with Crippen molar-refractivity contribution in [1.82, 2.24) is 29.8 Å². The second-order valence-electron chi connectivity index (χ2n) is 9.32. The molecule has 9 heteroatoms. The van der Waals surface area contributed by atoms with Gasteiger partial charge in [-0.25, -0.2) is 24.9 Å². The van der Waals surface area contributed by atoms with Crippen LogP contribution < -0.4 is 5.32 Å². The first-order valence-corrected chi connectivity index (χ1v) is 12.4. The summed E-state index contributed by atoms with van der Waals surface area (Å²) in [6.45, 7) is 4.25. The largest absolute Gasteiger partial charge is 0.481 e. The molecular weight excluding hydrogens is 466 g/mol. The number of rotatable bonds is 8. The van der Waals surface area contributed by atoms with Crippen LogP contribution in [0.5, 0.6) is 0 Å². The average Bonchev–Trinajstić information content (AvgIpc) is 2.90. The summed E-state index contributed by atoms with van der Waals surface area (Å²) in [4.78, 5) is 36.1. The van der Waals surface area contributed by atoms with E-state index in [4.69, 9.17) is 0 Å². The second-order valence-corrected chi connectivity index (χ2v) is 9.32. The van der Waals surface area contributed by atoms with Crippen molar-refractivity contribution in [2.75, 3.05) is 18.4 Å². The molecule has 0 aliphatic carbocycles. The summed E-state index contributed by atoms with van der Waals surface area (Å²) in [5, 5.41) is 12.6. The summed E-state index contributed by atoms with van der Waals surface area (Å²) in [5.41, 5.74) is 3.91. The van der Waals surface area contributed by atoms with E-state index < -0.39 is 5.97 Å². The molecule has 0 spiro atoms. The Morgan fingerprint density at radius 1 is 0.973 bits per heavy atom. The molecule has 2 N–H and O–H groups in total. The molecule has 5 rings (SSSR count). The maximum Gasteiger partial charge on any atom is 0.307 e. The Morgan fingerprint density at radius 3 is 2.51 bits per heavy atom. The summed E-state index contributed by atoms with van der Waals surface area (Å²) in [6, 6.07) is 17.7. The van der Waals surface area contributed by atoms with E-state index in [1.165, 1.54) is 5.56 Å². The number of anilines is 2. The van der Waals surface area contributed by atoms with Gasteiger partial charge in [0.1, 0.15) is 23.2 Å². The molecular formula is C28H29N7O2. The van der Waals surface area contributed by atoms with Crippen molar-refractivity contribution in [3.8, 4) is 11.5 Å². The maximum absolute atomic E-state index is 11.3. The van der Waals surface area contributed by atoms with E-state index in [9.17, 15) is 9.90 Å². The number of carboxylic acids is 1. The van der Waals surface area contributed by atoms with Crippen molar-refractivity contribution < 1.29 is 9.90 Å². The highest BCUT2D eigenvalue weighted by molar-refractivity contribution is 5.70. The molecule has 1 aromatic carbocycles. The number of hydrogen-bond donors (Lipinski definition) is 2. The lowest BCUT2D eigenvalue weighted by Gasteiger charge is -2.30. The number of nitrogens with zero attached hydrogens (tertiary/aromatic N) is 6. The van der Waals surface area contributed by atoms with Crippen molar-refractivity contribution in [3.05, 3.63) is 89.6 Å². The first kappa shape index (κ1) is 24.5. The predicted molar refractivity (Wildman–Crippen MR) is 140 cm³/mol. The van der Waals surface area contributed by atoms with Crippen molar-refractivity contribution in [1.29, 1.82) is 0 Å². The summed E-state index contributed by atoms with van der Waals surface area (Å²) in [6.07, 6.45) is 5.72. The molecule has 0 amide bonds. The number of carboxylic acid groups (broad SMARTS) is 1. The van der Waals surface area contributed by atoms with Gasteiger partial charge in [-0.2, -0.15) is 0 Å². The summed E-state index contributed by atoms with van der Waals surface area (Å²) >= 11 is 0. The third-order valence-electron chi connectivity index (χ3n) is 6.38. The number of aliphatic carboxylic acids is 1. The van der Waals surface area contributed by atoms with Crippen molar-refractivity contribution in [2.24, 2.45) is 5.92 Å². The van der Waals surface area contributed by atoms with Gasteiger partial charge in [0.15, 0.2) is 5.82 Å². The van der Waals surface area contributed by atoms with Gasteiger partial charge in [0.05, 0.1) is 5.92 Å². The van der Waals surface area contributed by atoms with Crippen LogP contribution in [0.4, 0.5) is 11.6 Å². The summed E-state index contributed by atoms with van der Waals surface area (Å²) in [7, 11) is 0. The molecule has 1 unspecified atom stereocenters. The first-order chi connectivity index (χ1) is 18.0. The Kier molecular flexibility index (Phi) is 7.41. The van der Waals surface area contributed by atoms with Crippen LogP contribution in [0.2, 0.25) is 0 Å². The van der Waals surface area contributed by atoms with Crippen LogP contribution in [0.3, 0.4) is 0 Å². The quantitative estimate of drug-likeness (QED) is 0.369. The standard InChI is InChI=1S/C28H29N7O2/c1-19-4-2-6-23(31-19)27-30-14-12-25(34-27)32-24-11-13-29-26(33-24)16-20-7-9-21(10-8-20)17-35-15-3-5-22(18-35)28(36)37/h2,4,6-14,22H,3,5,15-18H2,1H3,(H,36,37)(H,29,30,32,33,34). The maximum atomic E-state index is 11.3. The monoisotopic (exact) mass is 495 g/mol. The Labute approximate surface area is 215 Å². The minimum absolute atomic E-state index is 0.265. The Balaban J connectivity index is 1.21. The van der Waals surface area contributed by atoms with E-state index in [1.807, 2.05) is 31.2 Å². The van der Waals surface area contributed by atoms with Gasteiger partial charge < -0.3 is 10.4 Å². The van der Waals surface area contributed by atoms with Crippen molar-refractivity contribution in [3.63, 3.8) is 0 Å². The smallest absolute Gasteiger partial charge is 0.307 e. The fourth-order valence-electron chi connectivity index (χ4n) is 4.51. The van der Waals surface area contributed by atoms with Gasteiger partial charge in [0, 0.05) is 37.6 Å². The summed E-state index contributed by atoms with van der Waals surface area (Å²) < 4.78 is 0. The zero-order valence-corrected chi connectivity index (χ0v) is 20.7. The zero-order chi connectivity index (χ0) is 25.6. The van der Waals surface area contributed by atoms with E-state index in [2.05, 4.69) is 59.4 Å². The van der Waals surface area contributed by atoms with Gasteiger partial charge in [-0.3, -0.25) is 9.69 Å². The Morgan fingerprint density at radius 2 is 1.73 bits per heavy atom. The number of hydrogen-bond acceptors (Lipinski definition) is 8. The second kappa shape index (κ2) is 11.2. The Hall–Kier alpha value is -4.24. The first-order valence-electron chi connectivity index (χ1n) is 12.4. The van der Waals surface area contributed by atoms with Crippen LogP contribution in [0.1, 0.15) is 35.5 Å². The van der Waals surface area contributed by atoms with Gasteiger partial charge in [-0.15, -0.1) is 0 Å². The van der Waals surface area contributed by atoms with Crippen LogP contribution in [0, 0.1) is 12.8 Å². The number of benzene rings is 1. The highest BCUT2D eigenvalue weighted by Gasteiger charge is 2.25. The van der Waals surface area contributed by atoms with Crippen LogP contribution in [0.25, 0.3) is 11.5 Å². The van der Waals surface area contributed by atoms with Crippen molar-refractivity contribution >= 4 is 17.6 Å². The lowest BCUT2D eigenvalue weighted by Crippen LogP contribution is -2.38. The highest BCUT2D eigenvalue weighted by atomic mass is 16.4. The number of aryl methyl sites for hydroxylation is 1. The lowest BCUT2D eigenvalue weighted by atomic mass is 9.97. The van der Waals surface area contributed by atoms with Gasteiger partial charge in [0.2, 0.25) is 0 Å². The normalized spacial score (nSPS) is 15.9. The molecule has 1 atom stereocenters. The molecule has 1 fully saturated rings. The minimum atomic E-state index is -0.694. The number of pyridine rings is 1. The van der Waals surface area contributed by atoms with Crippen LogP contribution in [-0.2, 0) is 17.8 Å². The van der Waals surface area contributed by atoms with Gasteiger partial charge in [-0.1, -0.05) is 30.3 Å². The minimum Gasteiger partial charge on any atom is -0.481 e. The molecule has 0 saturated carbocycles. The molecule has 3 aromatic heterocycles. The van der Waals surface area contributed by atoms with E-state index in [-0.39, 0.29) is 5.92 Å². The van der Waals surface area contributed by atoms with Crippen LogP contribution >= 0.6 is 0 Å². The predicted octanol–water partition coefficient (Wildman–Crippen LogP) is 4.27. The Bertz CT molecular complexity index is 1380. The fraction of sp³-hybridized carbons (Fsp3) is 0.286. The summed E-state index contributed by atoms with van der Waals surface area (Å²) in [5.74, 6) is 1.57. The molecule has 0 radical (unpaired) electrons. The third-order valence-corrected chi connectivity index (χ3v) is 6.38. The van der Waals surface area contributed by atoms with Gasteiger partial charge in [0.25, 0.3) is 0 Å². The van der Waals surface area contributed by atoms with Crippen molar-refractivity contribution in [2.45, 2.75) is 32.7 Å². The highest BCUT2D eigenvalue weighted by Crippen LogP contribution is 2.20. The molecule has 4 aromatic rings. The van der Waals surface area contributed by atoms with E-state index in [1.54, 1.807) is 18.5 Å². The van der Waals surface area contributed by atoms with Crippen LogP contribution in [0.15, 0.2) is 67.0 Å². The van der Waals surface area contributed by atoms with Gasteiger partial charge >= 0.3 is 5.97 Å². The average molecular weight is 496 g/mol. The van der Waals surface area contributed by atoms with E-state index in [0.717, 1.165) is 42.9 Å². The lowest BCUT2D eigenvalue weighted by molar-refractivity contribution is -0.143. The molecule has 0 bridgehead atoms. The molecule has 1 aliphatic rings. The van der Waals surface area contributed by atoms with Gasteiger partial charge in [-0.05, 0) is 61.7 Å². The van der Waals surface area contributed by atoms with Crippen LogP contribution in [-0.4, -0.2) is 54.0 Å². The fourth-order valence-corrected chi connectivity index (χ4v) is 4.51. The van der Waals surface area contributed by atoms with E-state index in [0.29, 0.717) is 36.3 Å². The molecule has 4 heterocycles. The molecule has 1 aliphatic heterocycles. The number of aromatic nitrogens is 5.